The summed E-state index contributed by atoms with van der Waals surface area (Å²) >= 11 is 0. The summed E-state index contributed by atoms with van der Waals surface area (Å²) in [6, 6.07) is 34.3. The van der Waals surface area contributed by atoms with Crippen LogP contribution in [0.1, 0.15) is 0 Å². The summed E-state index contributed by atoms with van der Waals surface area (Å²) in [6.07, 6.45) is 0. The number of fused-ring (bicyclic) bond motifs is 3. The minimum atomic E-state index is 1.19. The molecular formula is C24H17N. The molecule has 0 saturated heterocycles. The zero-order chi connectivity index (χ0) is 16.6. The molecule has 0 bridgehead atoms. The minimum Gasteiger partial charge on any atom is -0.354 e. The number of benzene rings is 4. The summed E-state index contributed by atoms with van der Waals surface area (Å²) in [7, 11) is 0. The van der Waals surface area contributed by atoms with Crippen LogP contribution in [-0.2, 0) is 0 Å². The monoisotopic (exact) mass is 319 g/mol. The van der Waals surface area contributed by atoms with E-state index >= 15 is 0 Å². The van der Waals surface area contributed by atoms with E-state index in [1.165, 1.54) is 44.1 Å². The Morgan fingerprint density at radius 3 is 1.92 bits per heavy atom. The van der Waals surface area contributed by atoms with Crippen molar-refractivity contribution in [2.45, 2.75) is 0 Å². The summed E-state index contributed by atoms with van der Waals surface area (Å²) in [5.74, 6) is 0. The zero-order valence-electron chi connectivity index (χ0n) is 13.7. The van der Waals surface area contributed by atoms with Gasteiger partial charge in [-0.1, -0.05) is 84.9 Å². The van der Waals surface area contributed by atoms with Crippen LogP contribution in [-0.4, -0.2) is 4.98 Å². The topological polar surface area (TPSA) is 15.8 Å². The maximum absolute atomic E-state index is 3.53. The molecule has 1 aromatic heterocycles. The molecule has 0 amide bonds. The quantitative estimate of drug-likeness (QED) is 0.374. The Labute approximate surface area is 146 Å². The first-order valence-electron chi connectivity index (χ1n) is 8.55. The van der Waals surface area contributed by atoms with Gasteiger partial charge < -0.3 is 4.98 Å². The molecule has 0 aliphatic heterocycles. The van der Waals surface area contributed by atoms with Gasteiger partial charge in [-0.25, -0.2) is 0 Å². The van der Waals surface area contributed by atoms with Gasteiger partial charge in [0.1, 0.15) is 0 Å². The number of H-pyrrole nitrogens is 1. The minimum absolute atomic E-state index is 1.19. The van der Waals surface area contributed by atoms with E-state index in [0.29, 0.717) is 0 Å². The number of hydrogen-bond acceptors (Lipinski definition) is 0. The fourth-order valence-electron chi connectivity index (χ4n) is 3.62. The highest BCUT2D eigenvalue weighted by Gasteiger charge is 2.10. The number of hydrogen-bond donors (Lipinski definition) is 1. The van der Waals surface area contributed by atoms with Crippen LogP contribution >= 0.6 is 0 Å². The van der Waals surface area contributed by atoms with E-state index < -0.39 is 0 Å². The molecule has 0 fully saturated rings. The highest BCUT2D eigenvalue weighted by atomic mass is 14.7. The van der Waals surface area contributed by atoms with Gasteiger partial charge in [-0.2, -0.15) is 0 Å². The van der Waals surface area contributed by atoms with Crippen LogP contribution in [0.15, 0.2) is 97.1 Å². The van der Waals surface area contributed by atoms with Crippen molar-refractivity contribution >= 4 is 21.8 Å². The highest BCUT2D eigenvalue weighted by molar-refractivity contribution is 6.14. The standard InChI is InChI=1S/C24H17N/c1-2-7-17(8-3-1)18-13-15-19(16-14-18)20-10-6-12-23-24(20)21-9-4-5-11-22(21)25-23/h1-16,25H. The third kappa shape index (κ3) is 2.33. The first kappa shape index (κ1) is 14.1. The molecular weight excluding hydrogens is 302 g/mol. The van der Waals surface area contributed by atoms with E-state index in [1.807, 2.05) is 0 Å². The van der Waals surface area contributed by atoms with Crippen LogP contribution in [0, 0.1) is 0 Å². The Kier molecular flexibility index (Phi) is 3.17. The van der Waals surface area contributed by atoms with Crippen LogP contribution in [0.4, 0.5) is 0 Å². The van der Waals surface area contributed by atoms with E-state index in [2.05, 4.69) is 102 Å². The summed E-state index contributed by atoms with van der Waals surface area (Å²) in [5, 5.41) is 2.57. The molecule has 25 heavy (non-hydrogen) atoms. The van der Waals surface area contributed by atoms with Crippen molar-refractivity contribution in [1.29, 1.82) is 0 Å². The van der Waals surface area contributed by atoms with Gasteiger partial charge in [-0.15, -0.1) is 0 Å². The van der Waals surface area contributed by atoms with Gasteiger partial charge in [0.25, 0.3) is 0 Å². The Morgan fingerprint density at radius 1 is 0.440 bits per heavy atom. The van der Waals surface area contributed by atoms with Gasteiger partial charge in [0.15, 0.2) is 0 Å². The van der Waals surface area contributed by atoms with Gasteiger partial charge in [-0.3, -0.25) is 0 Å². The van der Waals surface area contributed by atoms with E-state index in [1.54, 1.807) is 0 Å². The number of aromatic amines is 1. The maximum atomic E-state index is 3.53. The normalized spacial score (nSPS) is 11.2. The Hall–Kier alpha value is -3.32. The van der Waals surface area contributed by atoms with Crippen LogP contribution in [0.3, 0.4) is 0 Å². The number of rotatable bonds is 2. The van der Waals surface area contributed by atoms with Crippen LogP contribution in [0.5, 0.6) is 0 Å². The van der Waals surface area contributed by atoms with Crippen molar-refractivity contribution in [3.8, 4) is 22.3 Å². The average molecular weight is 319 g/mol. The average Bonchev–Trinajstić information content (AvgIpc) is 3.08. The fraction of sp³-hybridized carbons (Fsp3) is 0. The van der Waals surface area contributed by atoms with Crippen LogP contribution in [0.25, 0.3) is 44.1 Å². The zero-order valence-corrected chi connectivity index (χ0v) is 13.7. The van der Waals surface area contributed by atoms with Crippen molar-refractivity contribution in [3.63, 3.8) is 0 Å². The molecule has 1 heteroatoms. The third-order valence-electron chi connectivity index (χ3n) is 4.83. The molecule has 0 saturated carbocycles. The predicted octanol–water partition coefficient (Wildman–Crippen LogP) is 6.66. The Balaban J connectivity index is 1.68. The lowest BCUT2D eigenvalue weighted by Crippen LogP contribution is -1.81. The van der Waals surface area contributed by atoms with Crippen molar-refractivity contribution in [1.82, 2.24) is 4.98 Å². The molecule has 0 radical (unpaired) electrons. The van der Waals surface area contributed by atoms with Gasteiger partial charge in [0.2, 0.25) is 0 Å². The molecule has 0 spiro atoms. The Bertz CT molecular complexity index is 1170. The second-order valence-electron chi connectivity index (χ2n) is 6.34. The second-order valence-corrected chi connectivity index (χ2v) is 6.34. The van der Waals surface area contributed by atoms with Crippen LogP contribution in [0.2, 0.25) is 0 Å². The van der Waals surface area contributed by atoms with Crippen LogP contribution < -0.4 is 0 Å². The lowest BCUT2D eigenvalue weighted by Gasteiger charge is -2.07. The smallest absolute Gasteiger partial charge is 0.0471 e. The van der Waals surface area contributed by atoms with E-state index in [0.717, 1.165) is 0 Å². The van der Waals surface area contributed by atoms with Crippen molar-refractivity contribution in [2.75, 3.05) is 0 Å². The molecule has 5 rings (SSSR count). The lowest BCUT2D eigenvalue weighted by molar-refractivity contribution is 1.54. The first-order valence-corrected chi connectivity index (χ1v) is 8.55. The molecule has 1 N–H and O–H groups in total. The first-order chi connectivity index (χ1) is 12.4. The summed E-state index contributed by atoms with van der Waals surface area (Å²) in [6.45, 7) is 0. The van der Waals surface area contributed by atoms with E-state index in [-0.39, 0.29) is 0 Å². The van der Waals surface area contributed by atoms with E-state index in [9.17, 15) is 0 Å². The second kappa shape index (κ2) is 5.64. The Morgan fingerprint density at radius 2 is 1.08 bits per heavy atom. The molecule has 1 heterocycles. The lowest BCUT2D eigenvalue weighted by atomic mass is 9.97. The summed E-state index contributed by atoms with van der Waals surface area (Å²) in [4.78, 5) is 3.53. The SMILES string of the molecule is c1ccc(-c2ccc(-c3cccc4[nH]c5ccccc5c34)cc2)cc1. The molecule has 0 aliphatic rings. The number of aromatic nitrogens is 1. The van der Waals surface area contributed by atoms with Gasteiger partial charge >= 0.3 is 0 Å². The summed E-state index contributed by atoms with van der Waals surface area (Å²) < 4.78 is 0. The molecule has 118 valence electrons. The molecule has 0 aliphatic carbocycles. The number of para-hydroxylation sites is 1. The molecule has 0 unspecified atom stereocenters. The molecule has 1 nitrogen and oxygen atoms in total. The van der Waals surface area contributed by atoms with Gasteiger partial charge in [0.05, 0.1) is 0 Å². The molecule has 0 atom stereocenters. The van der Waals surface area contributed by atoms with Crippen molar-refractivity contribution in [3.05, 3.63) is 97.1 Å². The molecule has 5 aromatic rings. The van der Waals surface area contributed by atoms with Crippen molar-refractivity contribution in [2.24, 2.45) is 0 Å². The summed E-state index contributed by atoms with van der Waals surface area (Å²) in [5.41, 5.74) is 7.39. The van der Waals surface area contributed by atoms with E-state index in [4.69, 9.17) is 0 Å². The van der Waals surface area contributed by atoms with Crippen molar-refractivity contribution < 1.29 is 0 Å². The maximum Gasteiger partial charge on any atom is 0.0471 e. The van der Waals surface area contributed by atoms with Gasteiger partial charge in [0, 0.05) is 21.8 Å². The largest absolute Gasteiger partial charge is 0.354 e. The predicted molar refractivity (Wildman–Crippen MR) is 107 cm³/mol. The van der Waals surface area contributed by atoms with Gasteiger partial charge in [-0.05, 0) is 34.4 Å². The highest BCUT2D eigenvalue weighted by Crippen LogP contribution is 2.35. The fourth-order valence-corrected chi connectivity index (χ4v) is 3.62. The number of nitrogens with one attached hydrogen (secondary N) is 1. The third-order valence-corrected chi connectivity index (χ3v) is 4.83. The molecule has 4 aromatic carbocycles.